The van der Waals surface area contributed by atoms with Crippen LogP contribution in [0.15, 0.2) is 126 Å². The van der Waals surface area contributed by atoms with E-state index in [2.05, 4.69) is 90.1 Å². The Labute approximate surface area is 173 Å². The Morgan fingerprint density at radius 1 is 0.552 bits per heavy atom. The molecule has 0 aliphatic heterocycles. The summed E-state index contributed by atoms with van der Waals surface area (Å²) >= 11 is 0. The molecule has 0 bridgehead atoms. The third-order valence-corrected chi connectivity index (χ3v) is 8.86. The lowest BCUT2D eigenvalue weighted by Crippen LogP contribution is -2.68. The quantitative estimate of drug-likeness (QED) is 0.209. The molecule has 0 amide bonds. The summed E-state index contributed by atoms with van der Waals surface area (Å²) in [7, 11) is -2.81. The highest BCUT2D eigenvalue weighted by atomic mass is 28.4. The van der Waals surface area contributed by atoms with Crippen molar-refractivity contribution in [3.63, 3.8) is 0 Å². The summed E-state index contributed by atoms with van der Waals surface area (Å²) in [5.74, 6) is 0. The van der Waals surface area contributed by atoms with Crippen molar-refractivity contribution < 1.29 is 4.53 Å². The predicted molar refractivity (Wildman–Crippen MR) is 124 cm³/mol. The Bertz CT molecular complexity index is 968. The Balaban J connectivity index is 1.91. The van der Waals surface area contributed by atoms with Gasteiger partial charge in [-0.15, -0.1) is 5.16 Å². The van der Waals surface area contributed by atoms with Gasteiger partial charge in [-0.25, -0.2) is 0 Å². The van der Waals surface area contributed by atoms with E-state index in [4.69, 9.17) is 4.53 Å². The van der Waals surface area contributed by atoms with E-state index < -0.39 is 8.32 Å². The summed E-state index contributed by atoms with van der Waals surface area (Å²) in [6, 6.07) is 41.6. The molecule has 2 nitrogen and oxygen atoms in total. The Kier molecular flexibility index (Phi) is 5.68. The van der Waals surface area contributed by atoms with Crippen LogP contribution in [0.3, 0.4) is 0 Å². The molecular weight excluding hydrogens is 370 g/mol. The van der Waals surface area contributed by atoms with Crippen molar-refractivity contribution in [1.82, 2.24) is 0 Å². The Morgan fingerprint density at radius 3 is 1.28 bits per heavy atom. The summed E-state index contributed by atoms with van der Waals surface area (Å²) in [6.45, 7) is 2.00. The van der Waals surface area contributed by atoms with Gasteiger partial charge in [-0.05, 0) is 28.0 Å². The summed E-state index contributed by atoms with van der Waals surface area (Å²) in [4.78, 5) is 0. The van der Waals surface area contributed by atoms with Crippen molar-refractivity contribution in [1.29, 1.82) is 0 Å². The average molecular weight is 394 g/mol. The molecule has 0 N–H and O–H groups in total. The zero-order valence-electron chi connectivity index (χ0n) is 16.4. The van der Waals surface area contributed by atoms with Gasteiger partial charge in [0.05, 0.1) is 5.71 Å². The van der Waals surface area contributed by atoms with E-state index in [0.717, 1.165) is 11.3 Å². The monoisotopic (exact) mass is 393 g/mol. The molecule has 4 aromatic carbocycles. The van der Waals surface area contributed by atoms with Crippen LogP contribution in [0.4, 0.5) is 0 Å². The maximum Gasteiger partial charge on any atom is 0.380 e. The maximum absolute atomic E-state index is 6.63. The second kappa shape index (κ2) is 8.72. The van der Waals surface area contributed by atoms with E-state index in [1.54, 1.807) is 0 Å². The predicted octanol–water partition coefficient (Wildman–Crippen LogP) is 4.09. The summed E-state index contributed by atoms with van der Waals surface area (Å²) in [5, 5.41) is 8.18. The molecule has 0 atom stereocenters. The number of rotatable bonds is 6. The van der Waals surface area contributed by atoms with Crippen molar-refractivity contribution in [2.75, 3.05) is 0 Å². The van der Waals surface area contributed by atoms with E-state index in [1.165, 1.54) is 15.6 Å². The Hall–Kier alpha value is -3.43. The van der Waals surface area contributed by atoms with Crippen LogP contribution in [0.1, 0.15) is 12.5 Å². The molecule has 0 unspecified atom stereocenters. The molecule has 0 spiro atoms. The minimum Gasteiger partial charge on any atom is -0.438 e. The van der Waals surface area contributed by atoms with E-state index in [9.17, 15) is 0 Å². The third kappa shape index (κ3) is 3.91. The van der Waals surface area contributed by atoms with E-state index in [0.29, 0.717) is 0 Å². The first-order valence-electron chi connectivity index (χ1n) is 9.75. The minimum atomic E-state index is -2.81. The van der Waals surface area contributed by atoms with Crippen LogP contribution in [-0.4, -0.2) is 14.0 Å². The van der Waals surface area contributed by atoms with Crippen molar-refractivity contribution in [2.45, 2.75) is 6.92 Å². The van der Waals surface area contributed by atoms with Gasteiger partial charge >= 0.3 is 8.32 Å². The first-order chi connectivity index (χ1) is 14.3. The zero-order chi connectivity index (χ0) is 19.9. The third-order valence-electron chi connectivity index (χ3n) is 5.05. The van der Waals surface area contributed by atoms with Crippen LogP contribution in [0.2, 0.25) is 0 Å². The largest absolute Gasteiger partial charge is 0.438 e. The molecule has 0 saturated heterocycles. The standard InChI is InChI=1S/C26H23NOSi/c1-22(23-14-6-2-7-15-23)27-28-29(24-16-8-3-9-17-24,25-18-10-4-11-19-25)26-20-12-5-13-21-26/h2-21H,1H3. The average Bonchev–Trinajstić information content (AvgIpc) is 2.82. The van der Waals surface area contributed by atoms with Gasteiger partial charge in [0, 0.05) is 0 Å². The van der Waals surface area contributed by atoms with E-state index in [1.807, 2.05) is 43.3 Å². The highest BCUT2D eigenvalue weighted by molar-refractivity contribution is 7.07. The van der Waals surface area contributed by atoms with Crippen molar-refractivity contribution in [3.05, 3.63) is 127 Å². The van der Waals surface area contributed by atoms with Crippen LogP contribution in [0.25, 0.3) is 0 Å². The SMILES string of the molecule is CC(=NO[Si](c1ccccc1)(c1ccccc1)c1ccccc1)c1ccccc1. The molecule has 142 valence electrons. The first-order valence-corrected chi connectivity index (χ1v) is 11.7. The first kappa shape index (κ1) is 18.9. The fourth-order valence-electron chi connectivity index (χ4n) is 3.55. The smallest absolute Gasteiger partial charge is 0.380 e. The lowest BCUT2D eigenvalue weighted by Gasteiger charge is -2.30. The number of hydrogen-bond acceptors (Lipinski definition) is 2. The van der Waals surface area contributed by atoms with Gasteiger partial charge in [0.25, 0.3) is 0 Å². The molecule has 0 radical (unpaired) electrons. The molecule has 0 aliphatic carbocycles. The maximum atomic E-state index is 6.63. The molecule has 0 fully saturated rings. The number of hydrogen-bond donors (Lipinski definition) is 0. The van der Waals surface area contributed by atoms with Gasteiger partial charge in [-0.3, -0.25) is 0 Å². The normalized spacial score (nSPS) is 11.8. The highest BCUT2D eigenvalue weighted by Gasteiger charge is 2.44. The number of benzene rings is 4. The van der Waals surface area contributed by atoms with E-state index >= 15 is 0 Å². The molecule has 0 heterocycles. The second-order valence-electron chi connectivity index (χ2n) is 6.91. The summed E-state index contributed by atoms with van der Waals surface area (Å²) in [5.41, 5.74) is 1.93. The van der Waals surface area contributed by atoms with Gasteiger partial charge < -0.3 is 4.53 Å². The lowest BCUT2D eigenvalue weighted by atomic mass is 10.1. The van der Waals surface area contributed by atoms with Crippen LogP contribution in [0, 0.1) is 0 Å². The zero-order valence-corrected chi connectivity index (χ0v) is 17.4. The van der Waals surface area contributed by atoms with Gasteiger partial charge in [-0.2, -0.15) is 0 Å². The van der Waals surface area contributed by atoms with Crippen LogP contribution in [-0.2, 0) is 4.53 Å². The second-order valence-corrected chi connectivity index (χ2v) is 10.2. The van der Waals surface area contributed by atoms with Crippen molar-refractivity contribution >= 4 is 29.6 Å². The molecule has 0 saturated carbocycles. The molecule has 0 aromatic heterocycles. The van der Waals surface area contributed by atoms with E-state index in [-0.39, 0.29) is 0 Å². The van der Waals surface area contributed by atoms with Gasteiger partial charge in [0.15, 0.2) is 0 Å². The molecule has 3 heteroatoms. The topological polar surface area (TPSA) is 21.6 Å². The van der Waals surface area contributed by atoms with Gasteiger partial charge in [0.1, 0.15) is 0 Å². The van der Waals surface area contributed by atoms with Crippen LogP contribution in [0.5, 0.6) is 0 Å². The number of oxime groups is 1. The highest BCUT2D eigenvalue weighted by Crippen LogP contribution is 2.12. The van der Waals surface area contributed by atoms with Crippen LogP contribution >= 0.6 is 0 Å². The van der Waals surface area contributed by atoms with Gasteiger partial charge in [-0.1, -0.05) is 121 Å². The molecule has 29 heavy (non-hydrogen) atoms. The fourth-order valence-corrected chi connectivity index (χ4v) is 7.12. The summed E-state index contributed by atoms with van der Waals surface area (Å²) < 4.78 is 6.63. The minimum absolute atomic E-state index is 0.866. The lowest BCUT2D eigenvalue weighted by molar-refractivity contribution is 0.349. The number of nitrogens with zero attached hydrogens (tertiary/aromatic N) is 1. The van der Waals surface area contributed by atoms with Gasteiger partial charge in [0.2, 0.25) is 0 Å². The molecule has 0 aliphatic rings. The summed E-state index contributed by atoms with van der Waals surface area (Å²) in [6.07, 6.45) is 0. The fraction of sp³-hybridized carbons (Fsp3) is 0.0385. The van der Waals surface area contributed by atoms with Crippen molar-refractivity contribution in [3.8, 4) is 0 Å². The Morgan fingerprint density at radius 2 is 0.897 bits per heavy atom. The molecule has 4 rings (SSSR count). The molecule has 4 aromatic rings. The van der Waals surface area contributed by atoms with Crippen molar-refractivity contribution in [2.24, 2.45) is 5.16 Å². The van der Waals surface area contributed by atoms with Crippen LogP contribution < -0.4 is 15.6 Å². The molecular formula is C26H23NOSi.